The van der Waals surface area contributed by atoms with E-state index in [1.165, 1.54) is 22.5 Å². The van der Waals surface area contributed by atoms with Gasteiger partial charge in [-0.25, -0.2) is 5.06 Å². The Morgan fingerprint density at radius 3 is 1.94 bits per heavy atom. The fraction of sp³-hybridized carbons (Fsp3) is 0.370. The molecule has 1 amide bonds. The summed E-state index contributed by atoms with van der Waals surface area (Å²) in [5.41, 5.74) is 0. The van der Waals surface area contributed by atoms with E-state index >= 15 is 0 Å². The van der Waals surface area contributed by atoms with Gasteiger partial charge in [-0.1, -0.05) is 106 Å². The Kier molecular flexibility index (Phi) is 10.1. The normalized spacial score (nSPS) is 12.5. The van der Waals surface area contributed by atoms with Crippen molar-refractivity contribution in [3.8, 4) is 0 Å². The molecule has 0 fully saturated rings. The monoisotopic (exact) mass is 451 g/mol. The van der Waals surface area contributed by atoms with Gasteiger partial charge in [0, 0.05) is 20.1 Å². The number of amides is 1. The highest BCUT2D eigenvalue weighted by Gasteiger charge is 2.49. The Labute approximate surface area is 194 Å². The van der Waals surface area contributed by atoms with Gasteiger partial charge >= 0.3 is 0 Å². The van der Waals surface area contributed by atoms with Crippen LogP contribution >= 0.6 is 0 Å². The van der Waals surface area contributed by atoms with Gasteiger partial charge in [-0.15, -0.1) is 0 Å². The van der Waals surface area contributed by atoms with Crippen molar-refractivity contribution < 1.29 is 14.1 Å². The lowest BCUT2D eigenvalue weighted by atomic mass is 10.2. The zero-order valence-electron chi connectivity index (χ0n) is 20.1. The van der Waals surface area contributed by atoms with Gasteiger partial charge in [-0.05, 0) is 28.3 Å². The molecule has 0 bridgehead atoms. The van der Waals surface area contributed by atoms with E-state index in [4.69, 9.17) is 9.26 Å². The molecule has 0 N–H and O–H groups in total. The second-order valence-corrected chi connectivity index (χ2v) is 13.1. The predicted octanol–water partition coefficient (Wildman–Crippen LogP) is 4.87. The molecule has 4 nitrogen and oxygen atoms in total. The zero-order valence-corrected chi connectivity index (χ0v) is 21.1. The first-order chi connectivity index (χ1) is 15.3. The highest BCUT2D eigenvalue weighted by molar-refractivity contribution is 6.99. The summed E-state index contributed by atoms with van der Waals surface area (Å²) in [7, 11) is 0.639. The van der Waals surface area contributed by atoms with E-state index in [0.717, 1.165) is 12.8 Å². The summed E-state index contributed by atoms with van der Waals surface area (Å²) in [5, 5.41) is 3.83. The second kappa shape index (κ2) is 12.5. The van der Waals surface area contributed by atoms with Gasteiger partial charge in [-0.3, -0.25) is 9.63 Å². The van der Waals surface area contributed by atoms with Crippen LogP contribution in [-0.2, 0) is 14.1 Å². The number of benzene rings is 2. The summed E-state index contributed by atoms with van der Waals surface area (Å²) in [5.74, 6) is -0.0635. The molecule has 0 aliphatic heterocycles. The van der Waals surface area contributed by atoms with Crippen LogP contribution in [0.3, 0.4) is 0 Å². The molecule has 0 saturated carbocycles. The van der Waals surface area contributed by atoms with Gasteiger partial charge in [0.1, 0.15) is 0 Å². The Morgan fingerprint density at radius 1 is 0.906 bits per heavy atom. The fourth-order valence-corrected chi connectivity index (χ4v) is 8.42. The molecule has 5 heteroatoms. The first-order valence-corrected chi connectivity index (χ1v) is 13.1. The van der Waals surface area contributed by atoms with Gasteiger partial charge in [0.25, 0.3) is 8.32 Å². The molecule has 0 heterocycles. The maximum atomic E-state index is 11.7. The molecule has 0 unspecified atom stereocenters. The molecule has 0 aromatic heterocycles. The van der Waals surface area contributed by atoms with E-state index in [1.807, 2.05) is 12.2 Å². The van der Waals surface area contributed by atoms with Crippen LogP contribution in [0.2, 0.25) is 5.04 Å². The summed E-state index contributed by atoms with van der Waals surface area (Å²) in [6, 6.07) is 21.4. The predicted molar refractivity (Wildman–Crippen MR) is 135 cm³/mol. The Balaban J connectivity index is 2.03. The Morgan fingerprint density at radius 2 is 1.44 bits per heavy atom. The number of allylic oxidation sites excluding steroid dienone is 2. The van der Waals surface area contributed by atoms with Crippen LogP contribution < -0.4 is 10.4 Å². The highest BCUT2D eigenvalue weighted by Crippen LogP contribution is 2.36. The number of hydrogen-bond donors (Lipinski definition) is 0. The minimum atomic E-state index is -2.46. The van der Waals surface area contributed by atoms with E-state index in [0.29, 0.717) is 13.0 Å². The standard InChI is InChI=1S/C27H37NO3Si/c1-27(2,3)32(24-18-12-10-13-19-24,25-20-14-11-15-21-25)31-23-17-9-7-6-8-16-22-26(29)28(4)30-5/h7-16,18-21H,6,17,22-23H2,1-5H3/b9-7?,16-8+. The number of hydrogen-bond acceptors (Lipinski definition) is 3. The summed E-state index contributed by atoms with van der Waals surface area (Å²) < 4.78 is 6.87. The average molecular weight is 452 g/mol. The lowest BCUT2D eigenvalue weighted by Crippen LogP contribution is -2.66. The van der Waals surface area contributed by atoms with Crippen LogP contribution in [0.15, 0.2) is 85.0 Å². The van der Waals surface area contributed by atoms with Crippen molar-refractivity contribution in [3.05, 3.63) is 85.0 Å². The van der Waals surface area contributed by atoms with Crippen LogP contribution in [0.5, 0.6) is 0 Å². The summed E-state index contributed by atoms with van der Waals surface area (Å²) >= 11 is 0. The number of hydroxylamine groups is 2. The molecular weight excluding hydrogens is 414 g/mol. The van der Waals surface area contributed by atoms with Crippen LogP contribution in [0, 0.1) is 0 Å². The molecule has 2 aromatic rings. The third-order valence-corrected chi connectivity index (χ3v) is 10.6. The first kappa shape index (κ1) is 25.8. The largest absolute Gasteiger partial charge is 0.407 e. The van der Waals surface area contributed by atoms with Crippen molar-refractivity contribution in [3.63, 3.8) is 0 Å². The average Bonchev–Trinajstić information content (AvgIpc) is 2.80. The number of rotatable bonds is 11. The molecule has 2 aromatic carbocycles. The summed E-state index contributed by atoms with van der Waals surface area (Å²) in [4.78, 5) is 16.6. The Hall–Kier alpha value is -2.47. The fourth-order valence-electron chi connectivity index (χ4n) is 3.85. The molecule has 0 radical (unpaired) electrons. The molecule has 32 heavy (non-hydrogen) atoms. The molecule has 2 rings (SSSR count). The maximum Gasteiger partial charge on any atom is 0.261 e. The highest BCUT2D eigenvalue weighted by atomic mass is 28.4. The maximum absolute atomic E-state index is 11.7. The quantitative estimate of drug-likeness (QED) is 0.212. The van der Waals surface area contributed by atoms with E-state index in [-0.39, 0.29) is 10.9 Å². The van der Waals surface area contributed by atoms with Crippen molar-refractivity contribution in [1.82, 2.24) is 5.06 Å². The van der Waals surface area contributed by atoms with Crippen LogP contribution in [0.25, 0.3) is 0 Å². The molecule has 0 aliphatic carbocycles. The molecule has 0 saturated heterocycles. The number of nitrogens with zero attached hydrogens (tertiary/aromatic N) is 1. The van der Waals surface area contributed by atoms with Gasteiger partial charge < -0.3 is 4.43 Å². The van der Waals surface area contributed by atoms with Gasteiger partial charge in [0.15, 0.2) is 0 Å². The van der Waals surface area contributed by atoms with Crippen molar-refractivity contribution in [2.45, 2.75) is 45.1 Å². The number of carbonyl (C=O) groups is 1. The van der Waals surface area contributed by atoms with E-state index in [2.05, 4.69) is 93.6 Å². The van der Waals surface area contributed by atoms with Crippen molar-refractivity contribution >= 4 is 24.6 Å². The third-order valence-electron chi connectivity index (χ3n) is 5.54. The lowest BCUT2D eigenvalue weighted by Gasteiger charge is -2.43. The minimum absolute atomic E-state index is 0.00986. The SMILES string of the molecule is CON(C)C(=O)C/C=C/CC=CCCO[Si](c1ccccc1)(c1ccccc1)C(C)(C)C. The smallest absolute Gasteiger partial charge is 0.261 e. The first-order valence-electron chi connectivity index (χ1n) is 11.2. The topological polar surface area (TPSA) is 38.8 Å². The van der Waals surface area contributed by atoms with Gasteiger partial charge in [-0.2, -0.15) is 0 Å². The minimum Gasteiger partial charge on any atom is -0.407 e. The van der Waals surface area contributed by atoms with Gasteiger partial charge in [0.05, 0.1) is 7.11 Å². The summed E-state index contributed by atoms with van der Waals surface area (Å²) in [6.07, 6.45) is 10.1. The van der Waals surface area contributed by atoms with Crippen LogP contribution in [-0.4, -0.2) is 40.1 Å². The molecular formula is C27H37NO3Si. The third kappa shape index (κ3) is 6.76. The Bertz CT molecular complexity index is 833. The molecule has 172 valence electrons. The van der Waals surface area contributed by atoms with E-state index in [1.54, 1.807) is 7.05 Å². The lowest BCUT2D eigenvalue weighted by molar-refractivity contribution is -0.167. The molecule has 0 atom stereocenters. The van der Waals surface area contributed by atoms with E-state index < -0.39 is 8.32 Å². The molecule has 0 aliphatic rings. The van der Waals surface area contributed by atoms with Crippen molar-refractivity contribution in [2.75, 3.05) is 20.8 Å². The number of carbonyl (C=O) groups excluding carboxylic acids is 1. The molecule has 0 spiro atoms. The van der Waals surface area contributed by atoms with Crippen LogP contribution in [0.1, 0.15) is 40.0 Å². The second-order valence-electron chi connectivity index (χ2n) is 8.76. The van der Waals surface area contributed by atoms with Crippen molar-refractivity contribution in [2.24, 2.45) is 0 Å². The van der Waals surface area contributed by atoms with Crippen LogP contribution in [0.4, 0.5) is 0 Å². The van der Waals surface area contributed by atoms with Crippen molar-refractivity contribution in [1.29, 1.82) is 0 Å². The van der Waals surface area contributed by atoms with E-state index in [9.17, 15) is 4.79 Å². The van der Waals surface area contributed by atoms with Gasteiger partial charge in [0.2, 0.25) is 5.91 Å². The summed E-state index contributed by atoms with van der Waals surface area (Å²) in [6.45, 7) is 7.55. The zero-order chi connectivity index (χ0) is 23.5.